The lowest BCUT2D eigenvalue weighted by atomic mass is 9.99. The predicted molar refractivity (Wildman–Crippen MR) is 120 cm³/mol. The number of amides is 1. The SMILES string of the molecule is Cc1ccc(C(C)C)c(OCC(=O)Nc2ccc(CN3CCC(C)CC3)cc2)c1. The van der Waals surface area contributed by atoms with Crippen LogP contribution >= 0.6 is 0 Å². The summed E-state index contributed by atoms with van der Waals surface area (Å²) < 4.78 is 5.83. The maximum Gasteiger partial charge on any atom is 0.262 e. The Morgan fingerprint density at radius 3 is 2.48 bits per heavy atom. The van der Waals surface area contributed by atoms with Gasteiger partial charge in [-0.2, -0.15) is 0 Å². The van der Waals surface area contributed by atoms with E-state index in [1.807, 2.05) is 25.1 Å². The minimum absolute atomic E-state index is 0.0108. The van der Waals surface area contributed by atoms with Crippen molar-refractivity contribution in [2.24, 2.45) is 5.92 Å². The predicted octanol–water partition coefficient (Wildman–Crippen LogP) is 5.37. The standard InChI is InChI=1S/C25H34N2O2/c1-18(2)23-10-5-20(4)15-24(23)29-17-25(28)26-22-8-6-21(7-9-22)16-27-13-11-19(3)12-14-27/h5-10,15,18-19H,11-14,16-17H2,1-4H3,(H,26,28). The Morgan fingerprint density at radius 1 is 1.14 bits per heavy atom. The molecule has 0 radical (unpaired) electrons. The summed E-state index contributed by atoms with van der Waals surface area (Å²) in [6.45, 7) is 12.0. The fourth-order valence-electron chi connectivity index (χ4n) is 3.76. The van der Waals surface area contributed by atoms with Gasteiger partial charge < -0.3 is 10.1 Å². The number of aryl methyl sites for hydroxylation is 1. The van der Waals surface area contributed by atoms with Crippen LogP contribution in [0, 0.1) is 12.8 Å². The molecule has 0 spiro atoms. The van der Waals surface area contributed by atoms with Crippen LogP contribution in [0.2, 0.25) is 0 Å². The molecule has 2 aromatic rings. The summed E-state index contributed by atoms with van der Waals surface area (Å²) in [6, 6.07) is 14.3. The van der Waals surface area contributed by atoms with E-state index in [0.29, 0.717) is 5.92 Å². The number of nitrogens with zero attached hydrogens (tertiary/aromatic N) is 1. The van der Waals surface area contributed by atoms with Crippen molar-refractivity contribution in [3.8, 4) is 5.75 Å². The van der Waals surface area contributed by atoms with Gasteiger partial charge in [-0.15, -0.1) is 0 Å². The van der Waals surface area contributed by atoms with Gasteiger partial charge in [0, 0.05) is 12.2 Å². The van der Waals surface area contributed by atoms with Crippen LogP contribution < -0.4 is 10.1 Å². The number of carbonyl (C=O) groups is 1. The Labute approximate surface area is 175 Å². The number of piperidine rings is 1. The van der Waals surface area contributed by atoms with Crippen LogP contribution in [-0.2, 0) is 11.3 Å². The topological polar surface area (TPSA) is 41.6 Å². The third-order valence-electron chi connectivity index (χ3n) is 5.67. The van der Waals surface area contributed by atoms with E-state index in [0.717, 1.165) is 35.0 Å². The summed E-state index contributed by atoms with van der Waals surface area (Å²) in [6.07, 6.45) is 2.57. The quantitative estimate of drug-likeness (QED) is 0.687. The number of rotatable bonds is 7. The molecule has 2 aromatic carbocycles. The van der Waals surface area contributed by atoms with E-state index >= 15 is 0 Å². The lowest BCUT2D eigenvalue weighted by molar-refractivity contribution is -0.118. The molecule has 156 valence electrons. The molecule has 0 saturated carbocycles. The summed E-state index contributed by atoms with van der Waals surface area (Å²) in [5.41, 5.74) is 4.35. The molecular formula is C25H34N2O2. The zero-order valence-electron chi connectivity index (χ0n) is 18.2. The Kier molecular flexibility index (Phi) is 7.32. The van der Waals surface area contributed by atoms with E-state index in [4.69, 9.17) is 4.74 Å². The van der Waals surface area contributed by atoms with Gasteiger partial charge in [0.15, 0.2) is 6.61 Å². The average Bonchev–Trinajstić information content (AvgIpc) is 2.69. The fraction of sp³-hybridized carbons (Fsp3) is 0.480. The minimum atomic E-state index is -0.140. The van der Waals surface area contributed by atoms with Gasteiger partial charge >= 0.3 is 0 Å². The molecule has 0 unspecified atom stereocenters. The van der Waals surface area contributed by atoms with Gasteiger partial charge in [-0.3, -0.25) is 9.69 Å². The number of hydrogen-bond donors (Lipinski definition) is 1. The molecule has 1 heterocycles. The first-order chi connectivity index (χ1) is 13.9. The summed E-state index contributed by atoms with van der Waals surface area (Å²) in [4.78, 5) is 14.8. The molecule has 0 aliphatic carbocycles. The largest absolute Gasteiger partial charge is 0.483 e. The molecule has 1 aliphatic rings. The van der Waals surface area contributed by atoms with Crippen molar-refractivity contribution < 1.29 is 9.53 Å². The van der Waals surface area contributed by atoms with Crippen LogP contribution in [0.5, 0.6) is 5.75 Å². The third kappa shape index (κ3) is 6.33. The van der Waals surface area contributed by atoms with Crippen LogP contribution in [0.4, 0.5) is 5.69 Å². The molecule has 29 heavy (non-hydrogen) atoms. The number of anilines is 1. The Morgan fingerprint density at radius 2 is 1.83 bits per heavy atom. The van der Waals surface area contributed by atoms with Crippen molar-refractivity contribution in [3.05, 3.63) is 59.2 Å². The number of nitrogens with one attached hydrogen (secondary N) is 1. The van der Waals surface area contributed by atoms with Crippen molar-refractivity contribution in [1.29, 1.82) is 0 Å². The van der Waals surface area contributed by atoms with Gasteiger partial charge in [-0.25, -0.2) is 0 Å². The molecule has 1 fully saturated rings. The van der Waals surface area contributed by atoms with Crippen LogP contribution in [0.25, 0.3) is 0 Å². The number of ether oxygens (including phenoxy) is 1. The fourth-order valence-corrected chi connectivity index (χ4v) is 3.76. The van der Waals surface area contributed by atoms with Gasteiger partial charge in [-0.05, 0) is 79.6 Å². The zero-order chi connectivity index (χ0) is 20.8. The van der Waals surface area contributed by atoms with E-state index in [2.05, 4.69) is 55.3 Å². The van der Waals surface area contributed by atoms with Crippen LogP contribution in [0.1, 0.15) is 56.2 Å². The van der Waals surface area contributed by atoms with E-state index in [-0.39, 0.29) is 12.5 Å². The summed E-state index contributed by atoms with van der Waals surface area (Å²) >= 11 is 0. The van der Waals surface area contributed by atoms with Crippen molar-refractivity contribution >= 4 is 11.6 Å². The Bertz CT molecular complexity index is 806. The number of benzene rings is 2. The number of carbonyl (C=O) groups excluding carboxylic acids is 1. The van der Waals surface area contributed by atoms with Crippen molar-refractivity contribution in [3.63, 3.8) is 0 Å². The monoisotopic (exact) mass is 394 g/mol. The van der Waals surface area contributed by atoms with Gasteiger partial charge in [0.05, 0.1) is 0 Å². The highest BCUT2D eigenvalue weighted by Gasteiger charge is 2.15. The highest BCUT2D eigenvalue weighted by atomic mass is 16.5. The first-order valence-corrected chi connectivity index (χ1v) is 10.7. The van der Waals surface area contributed by atoms with Crippen LogP contribution in [-0.4, -0.2) is 30.5 Å². The highest BCUT2D eigenvalue weighted by Crippen LogP contribution is 2.27. The molecule has 1 N–H and O–H groups in total. The second-order valence-corrected chi connectivity index (χ2v) is 8.69. The maximum atomic E-state index is 12.3. The first-order valence-electron chi connectivity index (χ1n) is 10.7. The van der Waals surface area contributed by atoms with Crippen molar-refractivity contribution in [2.75, 3.05) is 25.0 Å². The summed E-state index contributed by atoms with van der Waals surface area (Å²) in [5.74, 6) is 1.85. The molecule has 1 amide bonds. The number of likely N-dealkylation sites (tertiary alicyclic amines) is 1. The average molecular weight is 395 g/mol. The molecule has 1 saturated heterocycles. The minimum Gasteiger partial charge on any atom is -0.483 e. The Balaban J connectivity index is 1.50. The lowest BCUT2D eigenvalue weighted by Gasteiger charge is -2.30. The molecule has 1 aliphatic heterocycles. The lowest BCUT2D eigenvalue weighted by Crippen LogP contribution is -2.32. The van der Waals surface area contributed by atoms with Crippen molar-refractivity contribution in [1.82, 2.24) is 4.90 Å². The molecule has 0 atom stereocenters. The maximum absolute atomic E-state index is 12.3. The van der Waals surface area contributed by atoms with Crippen molar-refractivity contribution in [2.45, 2.75) is 53.0 Å². The summed E-state index contributed by atoms with van der Waals surface area (Å²) in [5, 5.41) is 2.93. The molecule has 0 aromatic heterocycles. The smallest absolute Gasteiger partial charge is 0.262 e. The van der Waals surface area contributed by atoms with E-state index in [9.17, 15) is 4.79 Å². The second kappa shape index (κ2) is 9.93. The van der Waals surface area contributed by atoms with Gasteiger partial charge in [0.1, 0.15) is 5.75 Å². The first kappa shape index (κ1) is 21.4. The molecule has 0 bridgehead atoms. The van der Waals surface area contributed by atoms with E-state index in [1.165, 1.54) is 31.5 Å². The molecule has 4 heteroatoms. The molecule has 4 nitrogen and oxygen atoms in total. The van der Waals surface area contributed by atoms with Gasteiger partial charge in [0.25, 0.3) is 5.91 Å². The normalized spacial score (nSPS) is 15.5. The van der Waals surface area contributed by atoms with Crippen LogP contribution in [0.3, 0.4) is 0 Å². The van der Waals surface area contributed by atoms with E-state index < -0.39 is 0 Å². The van der Waals surface area contributed by atoms with Gasteiger partial charge in [-0.1, -0.05) is 45.0 Å². The zero-order valence-corrected chi connectivity index (χ0v) is 18.2. The van der Waals surface area contributed by atoms with E-state index in [1.54, 1.807) is 0 Å². The Hall–Kier alpha value is -2.33. The highest BCUT2D eigenvalue weighted by molar-refractivity contribution is 5.91. The second-order valence-electron chi connectivity index (χ2n) is 8.69. The summed E-state index contributed by atoms with van der Waals surface area (Å²) in [7, 11) is 0. The van der Waals surface area contributed by atoms with Crippen LogP contribution in [0.15, 0.2) is 42.5 Å². The molecule has 3 rings (SSSR count). The molecular weight excluding hydrogens is 360 g/mol. The third-order valence-corrected chi connectivity index (χ3v) is 5.67. The van der Waals surface area contributed by atoms with Gasteiger partial charge in [0.2, 0.25) is 0 Å². The number of hydrogen-bond acceptors (Lipinski definition) is 3.